The van der Waals surface area contributed by atoms with Crippen LogP contribution in [0, 0.1) is 34.5 Å². The molecule has 2 nitrogen and oxygen atoms in total. The largest absolute Gasteiger partial charge is 0.327 e. The molecule has 0 aromatic rings. The van der Waals surface area contributed by atoms with Crippen molar-refractivity contribution in [1.29, 1.82) is 0 Å². The zero-order chi connectivity index (χ0) is 17.8. The molecule has 4 heteroatoms. The van der Waals surface area contributed by atoms with Gasteiger partial charge in [0.15, 0.2) is 0 Å². The number of fused-ring (bicyclic) bond motifs is 6. The third-order valence-corrected chi connectivity index (χ3v) is 10.5. The van der Waals surface area contributed by atoms with Gasteiger partial charge >= 0.3 is 0 Å². The molecule has 0 radical (unpaired) electrons. The minimum Gasteiger partial charge on any atom is -0.327 e. The van der Waals surface area contributed by atoms with Crippen molar-refractivity contribution in [2.75, 3.05) is 0 Å². The second-order valence-corrected chi connectivity index (χ2v) is 11.2. The molecule has 0 aromatic carbocycles. The zero-order valence-corrected chi connectivity index (χ0v) is 19.4. The number of nitrogens with two attached hydrogens (primary N) is 2. The van der Waals surface area contributed by atoms with Crippen LogP contribution in [0.4, 0.5) is 0 Å². The lowest BCUT2D eigenvalue weighted by Crippen LogP contribution is -2.47. The predicted octanol–water partition coefficient (Wildman–Crippen LogP) is 6.23. The van der Waals surface area contributed by atoms with E-state index in [1.54, 1.807) is 0 Å². The third-order valence-electron chi connectivity index (χ3n) is 10.5. The number of rotatable bonds is 0. The first-order chi connectivity index (χ1) is 12.7. The first-order valence-corrected chi connectivity index (χ1v) is 12.2. The molecule has 0 aliphatic heterocycles. The molecule has 0 aromatic heterocycles. The zero-order valence-electron chi connectivity index (χ0n) is 17.7. The smallest absolute Gasteiger partial charge is 0.0127 e. The Morgan fingerprint density at radius 1 is 0.500 bits per heavy atom. The number of hydrogen-bond donors (Lipinski definition) is 2. The summed E-state index contributed by atoms with van der Waals surface area (Å²) >= 11 is 0. The van der Waals surface area contributed by atoms with Gasteiger partial charge in [0.2, 0.25) is 0 Å². The van der Waals surface area contributed by atoms with E-state index in [2.05, 4.69) is 0 Å². The molecule has 6 fully saturated rings. The summed E-state index contributed by atoms with van der Waals surface area (Å²) < 4.78 is 0. The summed E-state index contributed by atoms with van der Waals surface area (Å²) in [5, 5.41) is 0. The van der Waals surface area contributed by atoms with Crippen LogP contribution >= 0.6 is 24.8 Å². The maximum atomic E-state index is 6.43. The fraction of sp³-hybridized carbons (Fsp3) is 1.00. The van der Waals surface area contributed by atoms with E-state index in [0.29, 0.717) is 22.9 Å². The minimum atomic E-state index is 0. The van der Waals surface area contributed by atoms with Gasteiger partial charge in [-0.15, -0.1) is 24.8 Å². The Bertz CT molecular complexity index is 459. The van der Waals surface area contributed by atoms with Crippen molar-refractivity contribution in [2.24, 2.45) is 46.0 Å². The van der Waals surface area contributed by atoms with E-state index < -0.39 is 0 Å². The van der Waals surface area contributed by atoms with E-state index in [1.165, 1.54) is 103 Å². The van der Waals surface area contributed by atoms with Gasteiger partial charge in [-0.05, 0) is 98.7 Å². The van der Waals surface area contributed by atoms with Gasteiger partial charge in [-0.1, -0.05) is 38.5 Å². The van der Waals surface area contributed by atoms with Crippen molar-refractivity contribution in [1.82, 2.24) is 0 Å². The standard InChI is InChI=1S/2C12H21N.2ClH/c2*13-11-9-4-5-10(8-9)12(11)6-2-1-3-7-12;;/h2*9-11H,1-8,13H2;2*1H/t2*9-,10+,11-;;/m10../s1. The fourth-order valence-corrected chi connectivity index (χ4v) is 9.12. The van der Waals surface area contributed by atoms with Crippen LogP contribution in [-0.2, 0) is 0 Å². The normalized spacial score (nSPS) is 43.9. The molecule has 0 heterocycles. The summed E-state index contributed by atoms with van der Waals surface area (Å²) in [6.07, 6.45) is 23.4. The summed E-state index contributed by atoms with van der Waals surface area (Å²) in [6.45, 7) is 0. The summed E-state index contributed by atoms with van der Waals surface area (Å²) in [5.41, 5.74) is 14.1. The van der Waals surface area contributed by atoms with Crippen LogP contribution in [0.5, 0.6) is 0 Å². The van der Waals surface area contributed by atoms with Crippen molar-refractivity contribution in [3.63, 3.8) is 0 Å². The van der Waals surface area contributed by atoms with Crippen LogP contribution in [0.2, 0.25) is 0 Å². The van der Waals surface area contributed by atoms with Gasteiger partial charge in [0, 0.05) is 12.1 Å². The Hall–Kier alpha value is 0.500. The highest BCUT2D eigenvalue weighted by atomic mass is 35.5. The van der Waals surface area contributed by atoms with Gasteiger partial charge < -0.3 is 11.5 Å². The average Bonchev–Trinajstić information content (AvgIpc) is 3.45. The molecule has 2 spiro atoms. The molecular weight excluding hydrogens is 387 g/mol. The van der Waals surface area contributed by atoms with Crippen molar-refractivity contribution < 1.29 is 0 Å². The molecule has 6 aliphatic carbocycles. The molecule has 0 unspecified atom stereocenters. The second kappa shape index (κ2) is 8.93. The highest BCUT2D eigenvalue weighted by molar-refractivity contribution is 5.85. The summed E-state index contributed by atoms with van der Waals surface area (Å²) in [6, 6.07) is 1.15. The highest BCUT2D eigenvalue weighted by Crippen LogP contribution is 2.61. The summed E-state index contributed by atoms with van der Waals surface area (Å²) in [4.78, 5) is 0. The van der Waals surface area contributed by atoms with Crippen LogP contribution in [0.15, 0.2) is 0 Å². The molecule has 28 heavy (non-hydrogen) atoms. The van der Waals surface area contributed by atoms with Crippen molar-refractivity contribution in [2.45, 2.75) is 115 Å². The molecule has 6 rings (SSSR count). The number of hydrogen-bond acceptors (Lipinski definition) is 2. The fourth-order valence-electron chi connectivity index (χ4n) is 9.12. The lowest BCUT2D eigenvalue weighted by Gasteiger charge is -2.45. The van der Waals surface area contributed by atoms with E-state index in [0.717, 1.165) is 23.7 Å². The van der Waals surface area contributed by atoms with Crippen molar-refractivity contribution >= 4 is 24.8 Å². The lowest BCUT2D eigenvalue weighted by atomic mass is 9.62. The first-order valence-electron chi connectivity index (χ1n) is 12.2. The van der Waals surface area contributed by atoms with E-state index >= 15 is 0 Å². The predicted molar refractivity (Wildman–Crippen MR) is 123 cm³/mol. The Morgan fingerprint density at radius 3 is 1.14 bits per heavy atom. The van der Waals surface area contributed by atoms with Gasteiger partial charge in [0.05, 0.1) is 0 Å². The molecule has 6 saturated carbocycles. The maximum absolute atomic E-state index is 6.43. The Kier molecular flexibility index (Phi) is 7.39. The summed E-state index contributed by atoms with van der Waals surface area (Å²) in [5.74, 6) is 3.85. The first kappa shape index (κ1) is 23.2. The van der Waals surface area contributed by atoms with E-state index in [4.69, 9.17) is 11.5 Å². The van der Waals surface area contributed by atoms with Gasteiger partial charge in [-0.25, -0.2) is 0 Å². The van der Waals surface area contributed by atoms with E-state index in [-0.39, 0.29) is 24.8 Å². The van der Waals surface area contributed by atoms with Gasteiger partial charge in [-0.3, -0.25) is 0 Å². The van der Waals surface area contributed by atoms with E-state index in [9.17, 15) is 0 Å². The molecule has 4 N–H and O–H groups in total. The van der Waals surface area contributed by atoms with Crippen molar-refractivity contribution in [3.05, 3.63) is 0 Å². The molecule has 0 amide bonds. The molecule has 0 saturated heterocycles. The molecule has 6 aliphatic rings. The SMILES string of the molecule is Cl.Cl.N[C@@H]1[C@@H]2CC[C@@H](C2)C12CCCCC2.N[C@H]1[C@H]2CC[C@H](C2)C12CCCCC2. The third kappa shape index (κ3) is 3.47. The Morgan fingerprint density at radius 2 is 0.857 bits per heavy atom. The molecule has 6 atom stereocenters. The molecule has 4 bridgehead atoms. The average molecular weight is 432 g/mol. The van der Waals surface area contributed by atoms with Crippen LogP contribution in [0.1, 0.15) is 103 Å². The minimum absolute atomic E-state index is 0. The van der Waals surface area contributed by atoms with Crippen LogP contribution < -0.4 is 11.5 Å². The van der Waals surface area contributed by atoms with Crippen LogP contribution in [0.25, 0.3) is 0 Å². The van der Waals surface area contributed by atoms with Gasteiger partial charge in [0.1, 0.15) is 0 Å². The molecular formula is C24H44Cl2N2. The second-order valence-electron chi connectivity index (χ2n) is 11.2. The Balaban J connectivity index is 0.000000150. The highest BCUT2D eigenvalue weighted by Gasteiger charge is 2.57. The molecule has 164 valence electrons. The quantitative estimate of drug-likeness (QED) is 0.478. The summed E-state index contributed by atoms with van der Waals surface area (Å²) in [7, 11) is 0. The lowest BCUT2D eigenvalue weighted by molar-refractivity contribution is 0.0779. The number of halogens is 2. The Labute approximate surface area is 185 Å². The monoisotopic (exact) mass is 430 g/mol. The van der Waals surface area contributed by atoms with Crippen molar-refractivity contribution in [3.8, 4) is 0 Å². The van der Waals surface area contributed by atoms with Gasteiger partial charge in [0.25, 0.3) is 0 Å². The topological polar surface area (TPSA) is 52.0 Å². The maximum Gasteiger partial charge on any atom is 0.0127 e. The van der Waals surface area contributed by atoms with Gasteiger partial charge in [-0.2, -0.15) is 0 Å². The van der Waals surface area contributed by atoms with E-state index in [1.807, 2.05) is 0 Å². The van der Waals surface area contributed by atoms with Crippen LogP contribution in [0.3, 0.4) is 0 Å². The van der Waals surface area contributed by atoms with Crippen LogP contribution in [-0.4, -0.2) is 12.1 Å².